The minimum absolute atomic E-state index is 0.360. The molecule has 0 aliphatic heterocycles. The van der Waals surface area contributed by atoms with Crippen molar-refractivity contribution in [3.8, 4) is 5.75 Å². The van der Waals surface area contributed by atoms with Crippen LogP contribution in [-0.2, 0) is 6.54 Å². The van der Waals surface area contributed by atoms with Crippen molar-refractivity contribution >= 4 is 5.69 Å². The molecule has 112 valence electrons. The van der Waals surface area contributed by atoms with Crippen LogP contribution in [-0.4, -0.2) is 50.1 Å². The number of ether oxygens (including phenoxy) is 1. The number of hydrogen-bond acceptors (Lipinski definition) is 4. The fraction of sp³-hybridized carbons (Fsp3) is 0.625. The maximum atomic E-state index is 5.92. The third kappa shape index (κ3) is 3.25. The summed E-state index contributed by atoms with van der Waals surface area (Å²) < 4.78 is 5.28. The average molecular weight is 277 g/mol. The summed E-state index contributed by atoms with van der Waals surface area (Å²) in [5.41, 5.74) is 8.25. The largest absolute Gasteiger partial charge is 0.497 e. The summed E-state index contributed by atoms with van der Waals surface area (Å²) in [6.45, 7) is 1.99. The molecule has 1 aromatic carbocycles. The number of nitrogens with zero attached hydrogens (tertiary/aromatic N) is 2. The molecule has 0 aromatic heterocycles. The number of likely N-dealkylation sites (N-methyl/N-ethyl adjacent to an activating group) is 2. The zero-order chi connectivity index (χ0) is 14.8. The lowest BCUT2D eigenvalue weighted by atomic mass is 9.75. The molecule has 1 saturated carbocycles. The van der Waals surface area contributed by atoms with Gasteiger partial charge >= 0.3 is 0 Å². The second kappa shape index (κ2) is 6.02. The number of hydrogen-bond donors (Lipinski definition) is 1. The molecule has 1 fully saturated rings. The predicted molar refractivity (Wildman–Crippen MR) is 84.0 cm³/mol. The topological polar surface area (TPSA) is 41.7 Å². The van der Waals surface area contributed by atoms with Gasteiger partial charge in [0.05, 0.1) is 7.11 Å². The highest BCUT2D eigenvalue weighted by atomic mass is 16.5. The van der Waals surface area contributed by atoms with Crippen LogP contribution in [0.2, 0.25) is 0 Å². The van der Waals surface area contributed by atoms with Gasteiger partial charge in [-0.2, -0.15) is 0 Å². The first-order chi connectivity index (χ1) is 9.45. The van der Waals surface area contributed by atoms with E-state index in [2.05, 4.69) is 37.0 Å². The molecule has 0 bridgehead atoms. The predicted octanol–water partition coefficient (Wildman–Crippen LogP) is 2.19. The summed E-state index contributed by atoms with van der Waals surface area (Å²) in [6, 6.07) is 5.95. The van der Waals surface area contributed by atoms with Crippen LogP contribution in [0.3, 0.4) is 0 Å². The Kier molecular flexibility index (Phi) is 4.55. The van der Waals surface area contributed by atoms with E-state index in [1.807, 2.05) is 12.1 Å². The highest BCUT2D eigenvalue weighted by molar-refractivity contribution is 5.47. The molecule has 0 saturated heterocycles. The van der Waals surface area contributed by atoms with Gasteiger partial charge < -0.3 is 20.3 Å². The van der Waals surface area contributed by atoms with E-state index < -0.39 is 0 Å². The summed E-state index contributed by atoms with van der Waals surface area (Å²) in [5, 5.41) is 0. The summed E-state index contributed by atoms with van der Waals surface area (Å²) >= 11 is 0. The summed E-state index contributed by atoms with van der Waals surface area (Å²) in [6.07, 6.45) is 3.94. The molecule has 0 atom stereocenters. The maximum Gasteiger partial charge on any atom is 0.121 e. The average Bonchev–Trinajstić information content (AvgIpc) is 2.32. The van der Waals surface area contributed by atoms with Crippen LogP contribution >= 0.6 is 0 Å². The molecule has 1 aliphatic rings. The molecular weight excluding hydrogens is 250 g/mol. The highest BCUT2D eigenvalue weighted by Gasteiger charge is 2.39. The lowest BCUT2D eigenvalue weighted by Crippen LogP contribution is -2.56. The van der Waals surface area contributed by atoms with Crippen LogP contribution in [0.1, 0.15) is 24.8 Å². The monoisotopic (exact) mass is 277 g/mol. The number of anilines is 1. The third-order valence-electron chi connectivity index (χ3n) is 4.47. The standard InChI is InChI=1S/C16H27N3O/c1-18(2)16(6-5-7-16)12-19(3)11-13-8-14(17)10-15(9-13)20-4/h8-10H,5-7,11-12,17H2,1-4H3. The van der Waals surface area contributed by atoms with Crippen molar-refractivity contribution in [1.82, 2.24) is 9.80 Å². The first-order valence-corrected chi connectivity index (χ1v) is 7.25. The SMILES string of the molecule is COc1cc(N)cc(CN(C)CC2(N(C)C)CCC2)c1. The van der Waals surface area contributed by atoms with Crippen LogP contribution in [0.4, 0.5) is 5.69 Å². The van der Waals surface area contributed by atoms with Gasteiger partial charge in [0.1, 0.15) is 5.75 Å². The van der Waals surface area contributed by atoms with Gasteiger partial charge in [0.15, 0.2) is 0 Å². The molecule has 0 heterocycles. The number of nitrogens with two attached hydrogens (primary N) is 1. The zero-order valence-corrected chi connectivity index (χ0v) is 13.1. The van der Waals surface area contributed by atoms with E-state index in [1.54, 1.807) is 7.11 Å². The van der Waals surface area contributed by atoms with Gasteiger partial charge in [0.25, 0.3) is 0 Å². The van der Waals surface area contributed by atoms with Crippen molar-refractivity contribution in [1.29, 1.82) is 0 Å². The summed E-state index contributed by atoms with van der Waals surface area (Å²) in [7, 11) is 8.24. The maximum absolute atomic E-state index is 5.92. The molecule has 4 heteroatoms. The smallest absolute Gasteiger partial charge is 0.121 e. The van der Waals surface area contributed by atoms with E-state index in [9.17, 15) is 0 Å². The Bertz CT molecular complexity index is 455. The van der Waals surface area contributed by atoms with Gasteiger partial charge in [-0.1, -0.05) is 0 Å². The quantitative estimate of drug-likeness (QED) is 0.809. The second-order valence-corrected chi connectivity index (χ2v) is 6.26. The van der Waals surface area contributed by atoms with E-state index in [-0.39, 0.29) is 0 Å². The molecule has 0 amide bonds. The fourth-order valence-electron chi connectivity index (χ4n) is 3.10. The molecular formula is C16H27N3O. The van der Waals surface area contributed by atoms with Gasteiger partial charge in [-0.05, 0) is 58.1 Å². The Morgan fingerprint density at radius 1 is 1.20 bits per heavy atom. The van der Waals surface area contributed by atoms with E-state index >= 15 is 0 Å². The van der Waals surface area contributed by atoms with Crippen molar-refractivity contribution in [2.75, 3.05) is 40.5 Å². The van der Waals surface area contributed by atoms with Gasteiger partial charge in [-0.3, -0.25) is 0 Å². The van der Waals surface area contributed by atoms with Gasteiger partial charge in [0, 0.05) is 30.4 Å². The Balaban J connectivity index is 2.01. The van der Waals surface area contributed by atoms with E-state index in [4.69, 9.17) is 10.5 Å². The summed E-state index contributed by atoms with van der Waals surface area (Å²) in [4.78, 5) is 4.76. The van der Waals surface area contributed by atoms with E-state index in [0.29, 0.717) is 5.54 Å². The molecule has 0 spiro atoms. The Morgan fingerprint density at radius 2 is 1.90 bits per heavy atom. The Hall–Kier alpha value is -1.26. The molecule has 1 aliphatic carbocycles. The first kappa shape index (κ1) is 15.1. The van der Waals surface area contributed by atoms with Crippen LogP contribution in [0.5, 0.6) is 5.75 Å². The normalized spacial score (nSPS) is 17.3. The van der Waals surface area contributed by atoms with Crippen molar-refractivity contribution in [2.24, 2.45) is 0 Å². The molecule has 2 rings (SSSR count). The van der Waals surface area contributed by atoms with Crippen molar-refractivity contribution in [3.05, 3.63) is 23.8 Å². The highest BCUT2D eigenvalue weighted by Crippen LogP contribution is 2.36. The first-order valence-electron chi connectivity index (χ1n) is 7.25. The number of rotatable bonds is 6. The molecule has 2 N–H and O–H groups in total. The Morgan fingerprint density at radius 3 is 2.40 bits per heavy atom. The van der Waals surface area contributed by atoms with Crippen molar-refractivity contribution in [3.63, 3.8) is 0 Å². The third-order valence-corrected chi connectivity index (χ3v) is 4.47. The fourth-order valence-corrected chi connectivity index (χ4v) is 3.10. The molecule has 0 unspecified atom stereocenters. The lowest BCUT2D eigenvalue weighted by molar-refractivity contribution is 0.0259. The molecule has 0 radical (unpaired) electrons. The van der Waals surface area contributed by atoms with Crippen LogP contribution in [0.15, 0.2) is 18.2 Å². The van der Waals surface area contributed by atoms with E-state index in [1.165, 1.54) is 24.8 Å². The van der Waals surface area contributed by atoms with Crippen molar-refractivity contribution < 1.29 is 4.74 Å². The van der Waals surface area contributed by atoms with Crippen molar-refractivity contribution in [2.45, 2.75) is 31.3 Å². The van der Waals surface area contributed by atoms with Crippen LogP contribution in [0.25, 0.3) is 0 Å². The molecule has 4 nitrogen and oxygen atoms in total. The minimum Gasteiger partial charge on any atom is -0.497 e. The number of benzene rings is 1. The minimum atomic E-state index is 0.360. The number of methoxy groups -OCH3 is 1. The lowest BCUT2D eigenvalue weighted by Gasteiger charge is -2.49. The van der Waals surface area contributed by atoms with E-state index in [0.717, 1.165) is 24.5 Å². The molecule has 1 aromatic rings. The van der Waals surface area contributed by atoms with Gasteiger partial charge in [0.2, 0.25) is 0 Å². The summed E-state index contributed by atoms with van der Waals surface area (Å²) in [5.74, 6) is 0.833. The zero-order valence-electron chi connectivity index (χ0n) is 13.1. The van der Waals surface area contributed by atoms with Gasteiger partial charge in [-0.15, -0.1) is 0 Å². The molecule has 20 heavy (non-hydrogen) atoms. The van der Waals surface area contributed by atoms with Crippen LogP contribution < -0.4 is 10.5 Å². The van der Waals surface area contributed by atoms with Crippen LogP contribution in [0, 0.1) is 0 Å². The van der Waals surface area contributed by atoms with Gasteiger partial charge in [-0.25, -0.2) is 0 Å². The Labute approximate surface area is 122 Å². The second-order valence-electron chi connectivity index (χ2n) is 6.26. The number of nitrogen functional groups attached to an aromatic ring is 1.